The standard InChI is InChI=1S/C60H117N2O6P/c1-6-8-10-12-14-16-18-19-20-21-22-23-24-25-26-27-28-29-30-31-32-33-34-35-36-37-38-39-40-41-42-43-44-46-48-50-52-54-60(64)61-58(57-68-69(65,66)67-56-55-62(3,4)5)59(63)53-51-49-47-45-17-15-13-11-9-7-2/h17,21-22,45,51,53,58-59,63H,6-16,18-20,23-44,46-50,52,54-57H2,1-5H3,(H-,61,64,65,66)/b22-21-,45-17+,53-51+. The van der Waals surface area contributed by atoms with Crippen LogP contribution in [0.15, 0.2) is 36.5 Å². The lowest BCUT2D eigenvalue weighted by Gasteiger charge is -2.29. The van der Waals surface area contributed by atoms with Crippen molar-refractivity contribution in [3.8, 4) is 0 Å². The quantitative estimate of drug-likeness (QED) is 0.0272. The van der Waals surface area contributed by atoms with Crippen LogP contribution in [0.3, 0.4) is 0 Å². The molecule has 1 amide bonds. The summed E-state index contributed by atoms with van der Waals surface area (Å²) in [5.74, 6) is -0.205. The topological polar surface area (TPSA) is 108 Å². The largest absolute Gasteiger partial charge is 0.756 e. The SMILES string of the molecule is CCCCCC/C=C/CC/C=C/C(O)C(COP(=O)([O-])OCC[N+](C)(C)C)NC(=O)CCCCCCCCCCCCCCCCCCCCCCCCCCC/C=C\CCCCCCCCCC. The zero-order valence-corrected chi connectivity index (χ0v) is 47.4. The van der Waals surface area contributed by atoms with Gasteiger partial charge in [0, 0.05) is 6.42 Å². The Morgan fingerprint density at radius 2 is 0.812 bits per heavy atom. The van der Waals surface area contributed by atoms with Crippen molar-refractivity contribution in [1.82, 2.24) is 5.32 Å². The van der Waals surface area contributed by atoms with Crippen molar-refractivity contribution in [3.05, 3.63) is 36.5 Å². The maximum Gasteiger partial charge on any atom is 0.268 e. The summed E-state index contributed by atoms with van der Waals surface area (Å²) in [5.41, 5.74) is 0. The molecule has 0 bridgehead atoms. The average molecular weight is 994 g/mol. The summed E-state index contributed by atoms with van der Waals surface area (Å²) in [6, 6.07) is -0.899. The fraction of sp³-hybridized carbons (Fsp3) is 0.883. The molecule has 9 heteroatoms. The minimum absolute atomic E-state index is 0.00506. The second-order valence-electron chi connectivity index (χ2n) is 21.7. The van der Waals surface area contributed by atoms with E-state index in [-0.39, 0.29) is 12.5 Å². The maximum atomic E-state index is 12.9. The van der Waals surface area contributed by atoms with Gasteiger partial charge in [-0.2, -0.15) is 0 Å². The molecule has 0 aromatic heterocycles. The minimum Gasteiger partial charge on any atom is -0.756 e. The third-order valence-electron chi connectivity index (χ3n) is 13.6. The normalized spacial score (nSPS) is 14.1. The van der Waals surface area contributed by atoms with E-state index in [9.17, 15) is 19.4 Å². The van der Waals surface area contributed by atoms with Crippen LogP contribution in [0.25, 0.3) is 0 Å². The highest BCUT2D eigenvalue weighted by Crippen LogP contribution is 2.38. The molecule has 0 saturated heterocycles. The molecule has 3 atom stereocenters. The number of amides is 1. The van der Waals surface area contributed by atoms with Gasteiger partial charge in [-0.1, -0.05) is 262 Å². The van der Waals surface area contributed by atoms with E-state index in [1.165, 1.54) is 231 Å². The summed E-state index contributed by atoms with van der Waals surface area (Å²) in [4.78, 5) is 25.4. The van der Waals surface area contributed by atoms with Crippen LogP contribution >= 0.6 is 7.82 Å². The molecule has 0 radical (unpaired) electrons. The van der Waals surface area contributed by atoms with Gasteiger partial charge in [-0.05, 0) is 57.8 Å². The van der Waals surface area contributed by atoms with E-state index in [1.54, 1.807) is 6.08 Å². The first-order valence-corrected chi connectivity index (χ1v) is 31.3. The molecule has 3 unspecified atom stereocenters. The molecular weight excluding hydrogens is 876 g/mol. The van der Waals surface area contributed by atoms with Crippen molar-refractivity contribution < 1.29 is 32.9 Å². The van der Waals surface area contributed by atoms with E-state index < -0.39 is 26.6 Å². The molecule has 0 spiro atoms. The fourth-order valence-corrected chi connectivity index (χ4v) is 9.60. The van der Waals surface area contributed by atoms with E-state index in [4.69, 9.17) is 9.05 Å². The highest BCUT2D eigenvalue weighted by atomic mass is 31.2. The number of unbranched alkanes of at least 4 members (excludes halogenated alkanes) is 38. The third-order valence-corrected chi connectivity index (χ3v) is 14.5. The van der Waals surface area contributed by atoms with Crippen LogP contribution < -0.4 is 10.2 Å². The number of aliphatic hydroxyl groups excluding tert-OH is 1. The summed E-state index contributed by atoms with van der Waals surface area (Å²) in [7, 11) is 1.25. The predicted octanol–water partition coefficient (Wildman–Crippen LogP) is 17.5. The molecule has 0 heterocycles. The first-order valence-electron chi connectivity index (χ1n) is 29.9. The Balaban J connectivity index is 3.84. The number of nitrogens with zero attached hydrogens (tertiary/aromatic N) is 1. The first kappa shape index (κ1) is 67.7. The highest BCUT2D eigenvalue weighted by Gasteiger charge is 2.23. The number of carbonyl (C=O) groups excluding carboxylic acids is 1. The van der Waals surface area contributed by atoms with E-state index in [0.29, 0.717) is 17.4 Å². The van der Waals surface area contributed by atoms with Crippen LogP contribution in [0.2, 0.25) is 0 Å². The Labute approximate surface area is 429 Å². The number of likely N-dealkylation sites (N-methyl/N-ethyl adjacent to an activating group) is 1. The molecule has 408 valence electrons. The number of hydrogen-bond donors (Lipinski definition) is 2. The van der Waals surface area contributed by atoms with Crippen LogP contribution in [-0.2, 0) is 18.4 Å². The average Bonchev–Trinajstić information content (AvgIpc) is 3.31. The van der Waals surface area contributed by atoms with Gasteiger partial charge in [0.15, 0.2) is 0 Å². The fourth-order valence-electron chi connectivity index (χ4n) is 8.87. The lowest BCUT2D eigenvalue weighted by Crippen LogP contribution is -2.45. The van der Waals surface area contributed by atoms with Crippen LogP contribution in [0.4, 0.5) is 0 Å². The first-order chi connectivity index (χ1) is 33.5. The van der Waals surface area contributed by atoms with Crippen molar-refractivity contribution in [1.29, 1.82) is 0 Å². The van der Waals surface area contributed by atoms with Crippen molar-refractivity contribution in [3.63, 3.8) is 0 Å². The second kappa shape index (κ2) is 51.6. The third kappa shape index (κ3) is 54.3. The molecule has 0 fully saturated rings. The summed E-state index contributed by atoms with van der Waals surface area (Å²) in [5, 5.41) is 13.8. The number of allylic oxidation sites excluding steroid dienone is 5. The summed E-state index contributed by atoms with van der Waals surface area (Å²) < 4.78 is 23.2. The van der Waals surface area contributed by atoms with Crippen molar-refractivity contribution in [2.24, 2.45) is 0 Å². The van der Waals surface area contributed by atoms with Crippen LogP contribution in [0.1, 0.15) is 290 Å². The van der Waals surface area contributed by atoms with Gasteiger partial charge in [0.1, 0.15) is 13.2 Å². The molecule has 69 heavy (non-hydrogen) atoms. The predicted molar refractivity (Wildman–Crippen MR) is 298 cm³/mol. The molecule has 8 nitrogen and oxygen atoms in total. The summed E-state index contributed by atoms with van der Waals surface area (Å²) >= 11 is 0. The van der Waals surface area contributed by atoms with Gasteiger partial charge in [0.05, 0.1) is 39.9 Å². The van der Waals surface area contributed by atoms with Crippen molar-refractivity contribution >= 4 is 13.7 Å². The molecule has 0 aliphatic rings. The second-order valence-corrected chi connectivity index (χ2v) is 23.1. The minimum atomic E-state index is -4.59. The smallest absolute Gasteiger partial charge is 0.268 e. The molecule has 0 aliphatic heterocycles. The molecule has 2 N–H and O–H groups in total. The monoisotopic (exact) mass is 993 g/mol. The highest BCUT2D eigenvalue weighted by molar-refractivity contribution is 7.45. The van der Waals surface area contributed by atoms with Gasteiger partial charge in [0.2, 0.25) is 5.91 Å². The van der Waals surface area contributed by atoms with Gasteiger partial charge in [-0.3, -0.25) is 9.36 Å². The van der Waals surface area contributed by atoms with E-state index in [2.05, 4.69) is 43.5 Å². The number of quaternary nitrogens is 1. The number of phosphoric acid groups is 1. The zero-order chi connectivity index (χ0) is 50.6. The van der Waals surface area contributed by atoms with Gasteiger partial charge in [-0.15, -0.1) is 0 Å². The van der Waals surface area contributed by atoms with E-state index in [1.807, 2.05) is 27.2 Å². The lowest BCUT2D eigenvalue weighted by molar-refractivity contribution is -0.870. The Kier molecular flexibility index (Phi) is 50.7. The van der Waals surface area contributed by atoms with Crippen LogP contribution in [-0.4, -0.2) is 68.5 Å². The van der Waals surface area contributed by atoms with Crippen molar-refractivity contribution in [2.45, 2.75) is 302 Å². The van der Waals surface area contributed by atoms with E-state index in [0.717, 1.165) is 38.5 Å². The number of carbonyl (C=O) groups is 1. The number of nitrogens with one attached hydrogen (secondary N) is 1. The summed E-state index contributed by atoms with van der Waals surface area (Å²) in [6.07, 6.45) is 67.0. The Hall–Kier alpha value is -1.28. The molecule has 0 aliphatic carbocycles. The molecule has 0 saturated carbocycles. The lowest BCUT2D eigenvalue weighted by atomic mass is 10.0. The molecule has 0 aromatic rings. The Bertz CT molecular complexity index is 1220. The maximum absolute atomic E-state index is 12.9. The van der Waals surface area contributed by atoms with Gasteiger partial charge in [0.25, 0.3) is 7.82 Å². The Morgan fingerprint density at radius 3 is 1.19 bits per heavy atom. The number of rotatable bonds is 55. The van der Waals surface area contributed by atoms with Crippen molar-refractivity contribution in [2.75, 3.05) is 40.9 Å². The molecule has 0 aromatic carbocycles. The zero-order valence-electron chi connectivity index (χ0n) is 46.5. The number of hydrogen-bond acceptors (Lipinski definition) is 6. The Morgan fingerprint density at radius 1 is 0.493 bits per heavy atom. The number of phosphoric ester groups is 1. The van der Waals surface area contributed by atoms with Gasteiger partial charge >= 0.3 is 0 Å². The summed E-state index contributed by atoms with van der Waals surface area (Å²) in [6.45, 7) is 4.61. The van der Waals surface area contributed by atoms with Crippen LogP contribution in [0, 0.1) is 0 Å². The van der Waals surface area contributed by atoms with E-state index >= 15 is 0 Å². The molecular formula is C60H117N2O6P. The van der Waals surface area contributed by atoms with Gasteiger partial charge < -0.3 is 28.8 Å². The number of aliphatic hydroxyl groups is 1. The van der Waals surface area contributed by atoms with Gasteiger partial charge in [-0.25, -0.2) is 0 Å². The van der Waals surface area contributed by atoms with Crippen LogP contribution in [0.5, 0.6) is 0 Å². The molecule has 0 rings (SSSR count).